The number of sulfone groups is 1. The smallest absolute Gasteiger partial charge is 0.183 e. The van der Waals surface area contributed by atoms with E-state index in [1.807, 2.05) is 13.8 Å². The van der Waals surface area contributed by atoms with Crippen molar-refractivity contribution in [3.63, 3.8) is 0 Å². The van der Waals surface area contributed by atoms with Crippen LogP contribution in [-0.2, 0) is 9.84 Å². The highest BCUT2D eigenvalue weighted by Gasteiger charge is 2.41. The molecule has 106 valence electrons. The van der Waals surface area contributed by atoms with E-state index in [9.17, 15) is 13.5 Å². The Morgan fingerprint density at radius 2 is 1.84 bits per heavy atom. The number of benzene rings is 1. The molecule has 0 saturated heterocycles. The zero-order valence-electron chi connectivity index (χ0n) is 11.1. The molecule has 2 unspecified atom stereocenters. The summed E-state index contributed by atoms with van der Waals surface area (Å²) in [5, 5.41) is 9.83. The first-order valence-corrected chi connectivity index (χ1v) is 8.32. The molecule has 1 saturated carbocycles. The van der Waals surface area contributed by atoms with Crippen molar-refractivity contribution in [1.82, 2.24) is 0 Å². The molecule has 19 heavy (non-hydrogen) atoms. The zero-order chi connectivity index (χ0) is 14.3. The van der Waals surface area contributed by atoms with Gasteiger partial charge in [0, 0.05) is 5.02 Å². The summed E-state index contributed by atoms with van der Waals surface area (Å²) in [6, 6.07) is 6.14. The predicted octanol–water partition coefficient (Wildman–Crippen LogP) is 3.05. The van der Waals surface area contributed by atoms with Gasteiger partial charge in [-0.25, -0.2) is 8.42 Å². The Morgan fingerprint density at radius 1 is 1.26 bits per heavy atom. The van der Waals surface area contributed by atoms with E-state index in [4.69, 9.17) is 11.6 Å². The Morgan fingerprint density at radius 3 is 2.42 bits per heavy atom. The van der Waals surface area contributed by atoms with Crippen molar-refractivity contribution in [2.24, 2.45) is 5.41 Å². The van der Waals surface area contributed by atoms with Crippen LogP contribution in [0, 0.1) is 5.41 Å². The highest BCUT2D eigenvalue weighted by Crippen LogP contribution is 2.40. The molecule has 5 heteroatoms. The van der Waals surface area contributed by atoms with Crippen LogP contribution in [0.25, 0.3) is 0 Å². The molecule has 2 rings (SSSR count). The lowest BCUT2D eigenvalue weighted by atomic mass is 9.76. The monoisotopic (exact) mass is 302 g/mol. The zero-order valence-corrected chi connectivity index (χ0v) is 12.7. The van der Waals surface area contributed by atoms with Gasteiger partial charge in [-0.1, -0.05) is 25.4 Å². The first kappa shape index (κ1) is 14.8. The van der Waals surface area contributed by atoms with Gasteiger partial charge in [0.15, 0.2) is 9.84 Å². The summed E-state index contributed by atoms with van der Waals surface area (Å²) in [5.41, 5.74) is -0.0522. The van der Waals surface area contributed by atoms with Crippen LogP contribution in [0.5, 0.6) is 0 Å². The maximum absolute atomic E-state index is 12.6. The molecule has 1 aliphatic rings. The number of hydrogen-bond acceptors (Lipinski definition) is 3. The average molecular weight is 303 g/mol. The molecule has 0 amide bonds. The number of hydrogen-bond donors (Lipinski definition) is 1. The van der Waals surface area contributed by atoms with Gasteiger partial charge in [0.2, 0.25) is 0 Å². The summed E-state index contributed by atoms with van der Waals surface area (Å²) in [4.78, 5) is 0.235. The molecule has 2 atom stereocenters. The third kappa shape index (κ3) is 3.12. The molecule has 0 bridgehead atoms. The maximum Gasteiger partial charge on any atom is 0.183 e. The number of aliphatic hydroxyl groups is 1. The van der Waals surface area contributed by atoms with Gasteiger partial charge in [-0.2, -0.15) is 0 Å². The van der Waals surface area contributed by atoms with Crippen molar-refractivity contribution in [3.8, 4) is 0 Å². The summed E-state index contributed by atoms with van der Waals surface area (Å²) in [6.07, 6.45) is 1.08. The molecule has 1 aliphatic carbocycles. The summed E-state index contributed by atoms with van der Waals surface area (Å²) in [5.74, 6) is 0. The molecule has 0 aliphatic heterocycles. The highest BCUT2D eigenvalue weighted by molar-refractivity contribution is 7.92. The molecule has 1 aromatic rings. The van der Waals surface area contributed by atoms with E-state index in [2.05, 4.69) is 0 Å². The molecular formula is C14H19ClO3S. The summed E-state index contributed by atoms with van der Waals surface area (Å²) < 4.78 is 25.2. The SMILES string of the molecule is CC1(C)CCC(O)C(S(=O)(=O)c2ccc(Cl)cc2)C1. The van der Waals surface area contributed by atoms with Crippen molar-refractivity contribution in [2.45, 2.75) is 49.4 Å². The fourth-order valence-corrected chi connectivity index (χ4v) is 4.83. The lowest BCUT2D eigenvalue weighted by Gasteiger charge is -2.38. The van der Waals surface area contributed by atoms with E-state index in [0.29, 0.717) is 17.9 Å². The molecule has 0 spiro atoms. The van der Waals surface area contributed by atoms with Gasteiger partial charge in [0.05, 0.1) is 16.2 Å². The second kappa shape index (κ2) is 5.08. The van der Waals surface area contributed by atoms with Crippen LogP contribution in [0.15, 0.2) is 29.2 Å². The molecule has 1 N–H and O–H groups in total. The Kier molecular flexibility index (Phi) is 3.96. The second-order valence-electron chi connectivity index (χ2n) is 6.01. The minimum atomic E-state index is -3.51. The van der Waals surface area contributed by atoms with Crippen LogP contribution in [0.1, 0.15) is 33.1 Å². The van der Waals surface area contributed by atoms with Gasteiger partial charge in [-0.15, -0.1) is 0 Å². The summed E-state index contributed by atoms with van der Waals surface area (Å²) >= 11 is 5.78. The van der Waals surface area contributed by atoms with Crippen LogP contribution < -0.4 is 0 Å². The van der Waals surface area contributed by atoms with Crippen LogP contribution in [0.4, 0.5) is 0 Å². The molecule has 0 radical (unpaired) electrons. The first-order chi connectivity index (χ1) is 8.72. The van der Waals surface area contributed by atoms with E-state index in [1.165, 1.54) is 12.1 Å². The molecular weight excluding hydrogens is 284 g/mol. The van der Waals surface area contributed by atoms with Crippen LogP contribution >= 0.6 is 11.6 Å². The third-order valence-corrected chi connectivity index (χ3v) is 6.30. The van der Waals surface area contributed by atoms with Gasteiger partial charge >= 0.3 is 0 Å². The average Bonchev–Trinajstić information content (AvgIpc) is 2.33. The molecule has 3 nitrogen and oxygen atoms in total. The van der Waals surface area contributed by atoms with Crippen molar-refractivity contribution in [1.29, 1.82) is 0 Å². The van der Waals surface area contributed by atoms with E-state index in [-0.39, 0.29) is 10.3 Å². The van der Waals surface area contributed by atoms with Crippen molar-refractivity contribution in [3.05, 3.63) is 29.3 Å². The van der Waals surface area contributed by atoms with E-state index in [0.717, 1.165) is 6.42 Å². The molecule has 0 heterocycles. The van der Waals surface area contributed by atoms with Crippen LogP contribution in [0.2, 0.25) is 5.02 Å². The Balaban J connectivity index is 2.35. The van der Waals surface area contributed by atoms with E-state index >= 15 is 0 Å². The third-order valence-electron chi connectivity index (χ3n) is 3.84. The second-order valence-corrected chi connectivity index (χ2v) is 8.62. The van der Waals surface area contributed by atoms with Crippen molar-refractivity contribution in [2.75, 3.05) is 0 Å². The molecule has 0 aromatic heterocycles. The minimum absolute atomic E-state index is 0.0522. The number of halogens is 1. The molecule has 1 fully saturated rings. The number of aliphatic hydroxyl groups excluding tert-OH is 1. The van der Waals surface area contributed by atoms with Gasteiger partial charge in [0.25, 0.3) is 0 Å². The lowest BCUT2D eigenvalue weighted by Crippen LogP contribution is -2.42. The normalized spacial score (nSPS) is 27.2. The fourth-order valence-electron chi connectivity index (χ4n) is 2.62. The first-order valence-electron chi connectivity index (χ1n) is 6.40. The Hall–Kier alpha value is -0.580. The fraction of sp³-hybridized carbons (Fsp3) is 0.571. The van der Waals surface area contributed by atoms with Crippen LogP contribution in [-0.4, -0.2) is 24.9 Å². The largest absolute Gasteiger partial charge is 0.392 e. The van der Waals surface area contributed by atoms with Crippen molar-refractivity contribution < 1.29 is 13.5 Å². The quantitative estimate of drug-likeness (QED) is 0.913. The molecule has 1 aromatic carbocycles. The van der Waals surface area contributed by atoms with E-state index < -0.39 is 21.2 Å². The summed E-state index contributed by atoms with van der Waals surface area (Å²) in [6.45, 7) is 4.09. The van der Waals surface area contributed by atoms with E-state index in [1.54, 1.807) is 12.1 Å². The van der Waals surface area contributed by atoms with Crippen molar-refractivity contribution >= 4 is 21.4 Å². The topological polar surface area (TPSA) is 54.4 Å². The van der Waals surface area contributed by atoms with Gasteiger partial charge in [-0.05, 0) is 48.9 Å². The minimum Gasteiger partial charge on any atom is -0.392 e. The highest BCUT2D eigenvalue weighted by atomic mass is 35.5. The van der Waals surface area contributed by atoms with Crippen LogP contribution in [0.3, 0.4) is 0 Å². The predicted molar refractivity (Wildman–Crippen MR) is 76.1 cm³/mol. The Labute approximate surface area is 119 Å². The standard InChI is InChI=1S/C14H19ClO3S/c1-14(2)8-7-12(16)13(9-14)19(17,18)11-5-3-10(15)4-6-11/h3-6,12-13,16H,7-9H2,1-2H3. The van der Waals surface area contributed by atoms with Gasteiger partial charge < -0.3 is 5.11 Å². The van der Waals surface area contributed by atoms with Gasteiger partial charge in [0.1, 0.15) is 0 Å². The lowest BCUT2D eigenvalue weighted by molar-refractivity contribution is 0.0835. The summed E-state index contributed by atoms with van der Waals surface area (Å²) in [7, 11) is -3.51. The number of rotatable bonds is 2. The van der Waals surface area contributed by atoms with Gasteiger partial charge in [-0.3, -0.25) is 0 Å². The Bertz CT molecular complexity index is 549. The maximum atomic E-state index is 12.6.